The Hall–Kier alpha value is -2.86. The van der Waals surface area contributed by atoms with Crippen LogP contribution in [-0.4, -0.2) is 43.0 Å². The standard InChI is InChI=1S/C18H19N3O3/c19-14-7-5-13(6-8-14)17(22)20-16-4-2-1-3-15(16)18(23)21-9-11-24-12-10-21/h1-8H,9-12,19H2,(H,20,22). The first-order valence-corrected chi connectivity index (χ1v) is 7.78. The molecule has 1 aliphatic heterocycles. The second-order valence-corrected chi connectivity index (χ2v) is 5.53. The summed E-state index contributed by atoms with van der Waals surface area (Å²) in [6.45, 7) is 2.18. The average Bonchev–Trinajstić information content (AvgIpc) is 2.63. The van der Waals surface area contributed by atoms with Crippen LogP contribution in [-0.2, 0) is 4.74 Å². The first kappa shape index (κ1) is 16.0. The minimum atomic E-state index is -0.280. The van der Waals surface area contributed by atoms with Crippen molar-refractivity contribution >= 4 is 23.2 Å². The van der Waals surface area contributed by atoms with Gasteiger partial charge >= 0.3 is 0 Å². The van der Waals surface area contributed by atoms with Crippen molar-refractivity contribution in [3.8, 4) is 0 Å². The molecular formula is C18H19N3O3. The summed E-state index contributed by atoms with van der Waals surface area (Å²) < 4.78 is 5.27. The van der Waals surface area contributed by atoms with Gasteiger partial charge in [0.1, 0.15) is 0 Å². The van der Waals surface area contributed by atoms with Crippen molar-refractivity contribution in [2.45, 2.75) is 0 Å². The molecule has 0 saturated carbocycles. The van der Waals surface area contributed by atoms with Crippen LogP contribution in [0.2, 0.25) is 0 Å². The molecule has 24 heavy (non-hydrogen) atoms. The number of nitrogens with zero attached hydrogens (tertiary/aromatic N) is 1. The molecule has 0 radical (unpaired) electrons. The molecule has 0 unspecified atom stereocenters. The molecule has 6 heteroatoms. The second kappa shape index (κ2) is 7.14. The Balaban J connectivity index is 1.79. The van der Waals surface area contributed by atoms with Gasteiger partial charge in [0.2, 0.25) is 0 Å². The minimum absolute atomic E-state index is 0.105. The van der Waals surface area contributed by atoms with Crippen LogP contribution in [0.4, 0.5) is 11.4 Å². The van der Waals surface area contributed by atoms with E-state index in [2.05, 4.69) is 5.32 Å². The Morgan fingerprint density at radius 2 is 1.67 bits per heavy atom. The number of morpholine rings is 1. The number of hydrogen-bond donors (Lipinski definition) is 2. The normalized spacial score (nSPS) is 14.2. The maximum Gasteiger partial charge on any atom is 0.256 e. The number of nitrogens with two attached hydrogens (primary N) is 1. The van der Waals surface area contributed by atoms with E-state index in [1.54, 1.807) is 53.4 Å². The number of para-hydroxylation sites is 1. The number of nitrogen functional groups attached to an aromatic ring is 1. The summed E-state index contributed by atoms with van der Waals surface area (Å²) in [5.41, 5.74) is 7.68. The third-order valence-corrected chi connectivity index (χ3v) is 3.88. The molecule has 1 heterocycles. The van der Waals surface area contributed by atoms with Gasteiger partial charge in [-0.3, -0.25) is 9.59 Å². The molecule has 0 aliphatic carbocycles. The predicted molar refractivity (Wildman–Crippen MR) is 92.0 cm³/mol. The molecule has 1 saturated heterocycles. The number of nitrogens with one attached hydrogen (secondary N) is 1. The Morgan fingerprint density at radius 1 is 1.00 bits per heavy atom. The SMILES string of the molecule is Nc1ccc(C(=O)Nc2ccccc2C(=O)N2CCOCC2)cc1. The van der Waals surface area contributed by atoms with Crippen molar-refractivity contribution in [3.05, 3.63) is 59.7 Å². The molecular weight excluding hydrogens is 306 g/mol. The van der Waals surface area contributed by atoms with Crippen LogP contribution >= 0.6 is 0 Å². The Kier molecular flexibility index (Phi) is 4.77. The van der Waals surface area contributed by atoms with Crippen molar-refractivity contribution in [3.63, 3.8) is 0 Å². The molecule has 0 bridgehead atoms. The van der Waals surface area contributed by atoms with Crippen molar-refractivity contribution in [1.82, 2.24) is 4.90 Å². The van der Waals surface area contributed by atoms with E-state index in [1.807, 2.05) is 0 Å². The van der Waals surface area contributed by atoms with Crippen molar-refractivity contribution in [1.29, 1.82) is 0 Å². The molecule has 1 fully saturated rings. The van der Waals surface area contributed by atoms with E-state index in [0.29, 0.717) is 48.8 Å². The zero-order valence-electron chi connectivity index (χ0n) is 13.2. The molecule has 6 nitrogen and oxygen atoms in total. The summed E-state index contributed by atoms with van der Waals surface area (Å²) in [4.78, 5) is 26.8. The molecule has 124 valence electrons. The van der Waals surface area contributed by atoms with Crippen LogP contribution in [0.15, 0.2) is 48.5 Å². The van der Waals surface area contributed by atoms with Crippen molar-refractivity contribution < 1.29 is 14.3 Å². The Labute approximate surface area is 140 Å². The largest absolute Gasteiger partial charge is 0.399 e. The fourth-order valence-electron chi connectivity index (χ4n) is 2.54. The highest BCUT2D eigenvalue weighted by Gasteiger charge is 2.21. The average molecular weight is 325 g/mol. The lowest BCUT2D eigenvalue weighted by atomic mass is 10.1. The maximum absolute atomic E-state index is 12.7. The molecule has 2 aromatic carbocycles. The van der Waals surface area contributed by atoms with Crippen LogP contribution in [0.1, 0.15) is 20.7 Å². The van der Waals surface area contributed by atoms with Gasteiger partial charge in [-0.1, -0.05) is 12.1 Å². The molecule has 3 rings (SSSR count). The van der Waals surface area contributed by atoms with Crippen LogP contribution in [0, 0.1) is 0 Å². The lowest BCUT2D eigenvalue weighted by Crippen LogP contribution is -2.41. The number of carbonyl (C=O) groups excluding carboxylic acids is 2. The molecule has 0 spiro atoms. The van der Waals surface area contributed by atoms with Crippen LogP contribution in [0.5, 0.6) is 0 Å². The number of rotatable bonds is 3. The van der Waals surface area contributed by atoms with Crippen molar-refractivity contribution in [2.75, 3.05) is 37.4 Å². The summed E-state index contributed by atoms with van der Waals surface area (Å²) in [6, 6.07) is 13.6. The summed E-state index contributed by atoms with van der Waals surface area (Å²) in [7, 11) is 0. The number of anilines is 2. The van der Waals surface area contributed by atoms with Gasteiger partial charge in [0.15, 0.2) is 0 Å². The number of amides is 2. The molecule has 2 aromatic rings. The quantitative estimate of drug-likeness (QED) is 0.845. The maximum atomic E-state index is 12.7. The van der Waals surface area contributed by atoms with Crippen LogP contribution < -0.4 is 11.1 Å². The number of benzene rings is 2. The summed E-state index contributed by atoms with van der Waals surface area (Å²) in [5, 5.41) is 2.81. The van der Waals surface area contributed by atoms with E-state index in [1.165, 1.54) is 0 Å². The van der Waals surface area contributed by atoms with Gasteiger partial charge in [0.05, 0.1) is 24.5 Å². The van der Waals surface area contributed by atoms with Gasteiger partial charge in [-0.05, 0) is 36.4 Å². The van der Waals surface area contributed by atoms with Gasteiger partial charge in [0.25, 0.3) is 11.8 Å². The fourth-order valence-corrected chi connectivity index (χ4v) is 2.54. The number of carbonyl (C=O) groups is 2. The van der Waals surface area contributed by atoms with Gasteiger partial charge < -0.3 is 20.7 Å². The molecule has 2 amide bonds. The fraction of sp³-hybridized carbons (Fsp3) is 0.222. The minimum Gasteiger partial charge on any atom is -0.399 e. The van der Waals surface area contributed by atoms with Gasteiger partial charge in [-0.15, -0.1) is 0 Å². The summed E-state index contributed by atoms with van der Waals surface area (Å²) in [5.74, 6) is -0.385. The Bertz CT molecular complexity index is 737. The monoisotopic (exact) mass is 325 g/mol. The third kappa shape index (κ3) is 3.55. The molecule has 3 N–H and O–H groups in total. The highest BCUT2D eigenvalue weighted by molar-refractivity contribution is 6.09. The van der Waals surface area contributed by atoms with Gasteiger partial charge in [0, 0.05) is 24.3 Å². The first-order valence-electron chi connectivity index (χ1n) is 7.78. The highest BCUT2D eigenvalue weighted by atomic mass is 16.5. The van der Waals surface area contributed by atoms with E-state index >= 15 is 0 Å². The zero-order chi connectivity index (χ0) is 16.9. The van der Waals surface area contributed by atoms with E-state index in [-0.39, 0.29) is 11.8 Å². The predicted octanol–water partition coefficient (Wildman–Crippen LogP) is 1.99. The highest BCUT2D eigenvalue weighted by Crippen LogP contribution is 2.19. The number of hydrogen-bond acceptors (Lipinski definition) is 4. The lowest BCUT2D eigenvalue weighted by molar-refractivity contribution is 0.0303. The van der Waals surface area contributed by atoms with E-state index in [9.17, 15) is 9.59 Å². The lowest BCUT2D eigenvalue weighted by Gasteiger charge is -2.27. The molecule has 0 aromatic heterocycles. The Morgan fingerprint density at radius 3 is 2.38 bits per heavy atom. The van der Waals surface area contributed by atoms with E-state index < -0.39 is 0 Å². The second-order valence-electron chi connectivity index (χ2n) is 5.53. The van der Waals surface area contributed by atoms with Gasteiger partial charge in [-0.2, -0.15) is 0 Å². The number of ether oxygens (including phenoxy) is 1. The zero-order valence-corrected chi connectivity index (χ0v) is 13.2. The van der Waals surface area contributed by atoms with Gasteiger partial charge in [-0.25, -0.2) is 0 Å². The van der Waals surface area contributed by atoms with Crippen LogP contribution in [0.25, 0.3) is 0 Å². The summed E-state index contributed by atoms with van der Waals surface area (Å²) >= 11 is 0. The molecule has 1 aliphatic rings. The van der Waals surface area contributed by atoms with E-state index in [4.69, 9.17) is 10.5 Å². The van der Waals surface area contributed by atoms with Crippen LogP contribution in [0.3, 0.4) is 0 Å². The third-order valence-electron chi connectivity index (χ3n) is 3.88. The topological polar surface area (TPSA) is 84.7 Å². The van der Waals surface area contributed by atoms with E-state index in [0.717, 1.165) is 0 Å². The first-order chi connectivity index (χ1) is 11.6. The summed E-state index contributed by atoms with van der Waals surface area (Å²) in [6.07, 6.45) is 0. The van der Waals surface area contributed by atoms with Crippen molar-refractivity contribution in [2.24, 2.45) is 0 Å². The molecule has 0 atom stereocenters. The smallest absolute Gasteiger partial charge is 0.256 e.